The Labute approximate surface area is 153 Å². The smallest absolute Gasteiger partial charge is 0.270 e. The van der Waals surface area contributed by atoms with E-state index in [1.807, 2.05) is 62.4 Å². The van der Waals surface area contributed by atoms with Crippen molar-refractivity contribution in [3.8, 4) is 0 Å². The number of nitrogens with zero attached hydrogens (tertiary/aromatic N) is 2. The van der Waals surface area contributed by atoms with Crippen LogP contribution in [0.2, 0.25) is 0 Å². The van der Waals surface area contributed by atoms with Gasteiger partial charge in [0.25, 0.3) is 5.91 Å². The lowest BCUT2D eigenvalue weighted by Gasteiger charge is -2.11. The van der Waals surface area contributed by atoms with Crippen LogP contribution in [0.15, 0.2) is 54.6 Å². The third kappa shape index (κ3) is 4.45. The number of anilines is 2. The van der Waals surface area contributed by atoms with Gasteiger partial charge in [-0.05, 0) is 38.0 Å². The zero-order valence-electron chi connectivity index (χ0n) is 15.2. The molecule has 0 saturated carbocycles. The Morgan fingerprint density at radius 2 is 1.69 bits per heavy atom. The Balaban J connectivity index is 1.73. The van der Waals surface area contributed by atoms with Crippen LogP contribution >= 0.6 is 0 Å². The molecule has 0 aliphatic heterocycles. The van der Waals surface area contributed by atoms with Gasteiger partial charge in [-0.25, -0.2) is 9.97 Å². The first-order valence-corrected chi connectivity index (χ1v) is 8.53. The van der Waals surface area contributed by atoms with Crippen LogP contribution in [0.4, 0.5) is 11.5 Å². The first-order chi connectivity index (χ1) is 12.5. The molecule has 0 unspecified atom stereocenters. The molecule has 132 valence electrons. The highest BCUT2D eigenvalue weighted by Crippen LogP contribution is 2.19. The molecule has 3 rings (SSSR count). The van der Waals surface area contributed by atoms with Gasteiger partial charge in [-0.3, -0.25) is 4.79 Å². The number of hydrogen-bond acceptors (Lipinski definition) is 4. The number of benzene rings is 2. The van der Waals surface area contributed by atoms with Crippen molar-refractivity contribution in [3.05, 3.63) is 82.8 Å². The van der Waals surface area contributed by atoms with E-state index < -0.39 is 0 Å². The number of nitrogens with one attached hydrogen (secondary N) is 2. The number of carbonyl (C=O) groups is 1. The summed E-state index contributed by atoms with van der Waals surface area (Å²) in [7, 11) is 0. The van der Waals surface area contributed by atoms with Crippen molar-refractivity contribution in [1.82, 2.24) is 15.3 Å². The minimum absolute atomic E-state index is 0.219. The van der Waals surface area contributed by atoms with Crippen molar-refractivity contribution < 1.29 is 4.79 Å². The Kier molecular flexibility index (Phi) is 5.27. The van der Waals surface area contributed by atoms with Crippen LogP contribution in [0.1, 0.15) is 33.0 Å². The average molecular weight is 346 g/mol. The van der Waals surface area contributed by atoms with Gasteiger partial charge in [0, 0.05) is 18.3 Å². The SMILES string of the molecule is Cc1ccc(CNC(=O)c2cc(Nc3ccccc3C)nc(C)n2)cc1. The number of carbonyl (C=O) groups excluding carboxylic acids is 1. The van der Waals surface area contributed by atoms with E-state index in [1.165, 1.54) is 5.56 Å². The fourth-order valence-electron chi connectivity index (χ4n) is 2.58. The fourth-order valence-corrected chi connectivity index (χ4v) is 2.58. The lowest BCUT2D eigenvalue weighted by molar-refractivity contribution is 0.0945. The molecule has 0 spiro atoms. The molecule has 0 saturated heterocycles. The lowest BCUT2D eigenvalue weighted by Crippen LogP contribution is -2.24. The van der Waals surface area contributed by atoms with Crippen LogP contribution in [0.5, 0.6) is 0 Å². The minimum atomic E-state index is -0.219. The van der Waals surface area contributed by atoms with Crippen molar-refractivity contribution in [2.45, 2.75) is 27.3 Å². The molecular formula is C21H22N4O. The van der Waals surface area contributed by atoms with E-state index in [4.69, 9.17) is 0 Å². The topological polar surface area (TPSA) is 66.9 Å². The molecule has 2 N–H and O–H groups in total. The lowest BCUT2D eigenvalue weighted by atomic mass is 10.1. The number of hydrogen-bond donors (Lipinski definition) is 2. The second-order valence-electron chi connectivity index (χ2n) is 6.29. The van der Waals surface area contributed by atoms with E-state index in [0.717, 1.165) is 16.8 Å². The molecule has 1 amide bonds. The number of aromatic nitrogens is 2. The number of rotatable bonds is 5. The Morgan fingerprint density at radius 3 is 2.42 bits per heavy atom. The second kappa shape index (κ2) is 7.78. The maximum Gasteiger partial charge on any atom is 0.270 e. The molecule has 1 aromatic heterocycles. The fraction of sp³-hybridized carbons (Fsp3) is 0.190. The monoisotopic (exact) mass is 346 g/mol. The van der Waals surface area contributed by atoms with Gasteiger partial charge in [0.05, 0.1) is 0 Å². The molecule has 0 bridgehead atoms. The summed E-state index contributed by atoms with van der Waals surface area (Å²) < 4.78 is 0. The number of aryl methyl sites for hydroxylation is 3. The molecule has 0 atom stereocenters. The molecule has 5 heteroatoms. The summed E-state index contributed by atoms with van der Waals surface area (Å²) >= 11 is 0. The third-order valence-corrected chi connectivity index (χ3v) is 4.05. The molecule has 0 aliphatic carbocycles. The van der Waals surface area contributed by atoms with Crippen molar-refractivity contribution >= 4 is 17.4 Å². The van der Waals surface area contributed by atoms with E-state index in [2.05, 4.69) is 20.6 Å². The van der Waals surface area contributed by atoms with Crippen LogP contribution in [0.25, 0.3) is 0 Å². The zero-order chi connectivity index (χ0) is 18.5. The largest absolute Gasteiger partial charge is 0.347 e. The molecule has 0 radical (unpaired) electrons. The van der Waals surface area contributed by atoms with E-state index in [9.17, 15) is 4.79 Å². The van der Waals surface area contributed by atoms with Gasteiger partial charge in [0.15, 0.2) is 0 Å². The van der Waals surface area contributed by atoms with E-state index in [-0.39, 0.29) is 5.91 Å². The summed E-state index contributed by atoms with van der Waals surface area (Å²) in [5.41, 5.74) is 4.65. The quantitative estimate of drug-likeness (QED) is 0.731. The van der Waals surface area contributed by atoms with Crippen LogP contribution in [-0.4, -0.2) is 15.9 Å². The molecular weight excluding hydrogens is 324 g/mol. The summed E-state index contributed by atoms with van der Waals surface area (Å²) in [6.45, 7) is 6.29. The maximum absolute atomic E-state index is 12.5. The van der Waals surface area contributed by atoms with Gasteiger partial charge in [0.2, 0.25) is 0 Å². The predicted molar refractivity (Wildman–Crippen MR) is 104 cm³/mol. The van der Waals surface area contributed by atoms with E-state index >= 15 is 0 Å². The first kappa shape index (κ1) is 17.6. The maximum atomic E-state index is 12.5. The Bertz CT molecular complexity index is 920. The summed E-state index contributed by atoms with van der Waals surface area (Å²) in [6.07, 6.45) is 0. The van der Waals surface area contributed by atoms with Crippen molar-refractivity contribution in [2.24, 2.45) is 0 Å². The Morgan fingerprint density at radius 1 is 0.962 bits per heavy atom. The van der Waals surface area contributed by atoms with Gasteiger partial charge in [-0.2, -0.15) is 0 Å². The highest BCUT2D eigenvalue weighted by Gasteiger charge is 2.11. The van der Waals surface area contributed by atoms with Crippen molar-refractivity contribution in [3.63, 3.8) is 0 Å². The normalized spacial score (nSPS) is 10.4. The molecule has 3 aromatic rings. The van der Waals surface area contributed by atoms with Crippen molar-refractivity contribution in [2.75, 3.05) is 5.32 Å². The molecule has 26 heavy (non-hydrogen) atoms. The van der Waals surface area contributed by atoms with Gasteiger partial charge < -0.3 is 10.6 Å². The van der Waals surface area contributed by atoms with E-state index in [0.29, 0.717) is 23.9 Å². The number of amides is 1. The highest BCUT2D eigenvalue weighted by molar-refractivity contribution is 5.93. The van der Waals surface area contributed by atoms with Crippen LogP contribution < -0.4 is 10.6 Å². The average Bonchev–Trinajstić information content (AvgIpc) is 2.62. The standard InChI is InChI=1S/C21H22N4O/c1-14-8-10-17(11-9-14)13-22-21(26)19-12-20(24-16(3)23-19)25-18-7-5-4-6-15(18)2/h4-12H,13H2,1-3H3,(H,22,26)(H,23,24,25). The van der Waals surface area contributed by atoms with Crippen molar-refractivity contribution in [1.29, 1.82) is 0 Å². The van der Waals surface area contributed by atoms with Crippen LogP contribution in [-0.2, 0) is 6.54 Å². The molecule has 0 fully saturated rings. The van der Waals surface area contributed by atoms with Gasteiger partial charge in [-0.1, -0.05) is 48.0 Å². The predicted octanol–water partition coefficient (Wildman–Crippen LogP) is 4.08. The van der Waals surface area contributed by atoms with Gasteiger partial charge in [-0.15, -0.1) is 0 Å². The molecule has 2 aromatic carbocycles. The highest BCUT2D eigenvalue weighted by atomic mass is 16.1. The molecule has 5 nitrogen and oxygen atoms in total. The zero-order valence-corrected chi connectivity index (χ0v) is 15.2. The van der Waals surface area contributed by atoms with Gasteiger partial charge in [0.1, 0.15) is 17.3 Å². The molecule has 0 aliphatic rings. The summed E-state index contributed by atoms with van der Waals surface area (Å²) in [5.74, 6) is 0.931. The molecule has 1 heterocycles. The summed E-state index contributed by atoms with van der Waals surface area (Å²) in [6, 6.07) is 17.7. The summed E-state index contributed by atoms with van der Waals surface area (Å²) in [4.78, 5) is 21.1. The van der Waals surface area contributed by atoms with E-state index in [1.54, 1.807) is 13.0 Å². The Hall–Kier alpha value is -3.21. The number of para-hydroxylation sites is 1. The van der Waals surface area contributed by atoms with Gasteiger partial charge >= 0.3 is 0 Å². The van der Waals surface area contributed by atoms with Crippen LogP contribution in [0.3, 0.4) is 0 Å². The minimum Gasteiger partial charge on any atom is -0.347 e. The first-order valence-electron chi connectivity index (χ1n) is 8.53. The second-order valence-corrected chi connectivity index (χ2v) is 6.29. The summed E-state index contributed by atoms with van der Waals surface area (Å²) in [5, 5.41) is 6.16. The van der Waals surface area contributed by atoms with Crippen LogP contribution in [0, 0.1) is 20.8 Å². The third-order valence-electron chi connectivity index (χ3n) is 4.05.